The molecule has 2 atom stereocenters. The largest absolute Gasteiger partial charge is 0.461 e. The summed E-state index contributed by atoms with van der Waals surface area (Å²) in [5, 5.41) is 0. The molecule has 2 unspecified atom stereocenters. The van der Waals surface area contributed by atoms with Crippen LogP contribution in [-0.2, 0) is 6.54 Å². The van der Waals surface area contributed by atoms with Gasteiger partial charge >= 0.3 is 12.5 Å². The maximum atomic E-state index is 13.3. The van der Waals surface area contributed by atoms with E-state index >= 15 is 0 Å². The van der Waals surface area contributed by atoms with Gasteiger partial charge in [0.15, 0.2) is 0 Å². The third kappa shape index (κ3) is 4.47. The average Bonchev–Trinajstić information content (AvgIpc) is 2.68. The van der Waals surface area contributed by atoms with Crippen LogP contribution in [0.2, 0.25) is 0 Å². The molecule has 1 saturated heterocycles. The second-order valence-electron chi connectivity index (χ2n) is 7.70. The summed E-state index contributed by atoms with van der Waals surface area (Å²) < 4.78 is 55.7. The number of piperidine rings is 1. The first-order valence-corrected chi connectivity index (χ1v) is 9.88. The van der Waals surface area contributed by atoms with Crippen molar-refractivity contribution >= 4 is 5.57 Å². The highest BCUT2D eigenvalue weighted by atomic mass is 19.3. The molecule has 2 aliphatic heterocycles. The molecule has 1 fully saturated rings. The molecule has 0 radical (unpaired) electrons. The van der Waals surface area contributed by atoms with Crippen LogP contribution in [0.3, 0.4) is 0 Å². The van der Waals surface area contributed by atoms with Crippen LogP contribution in [0.15, 0.2) is 60.7 Å². The smallest absolute Gasteiger partial charge is 0.428 e. The summed E-state index contributed by atoms with van der Waals surface area (Å²) in [5.74, 6) is -0.245. The number of ether oxygens (including phenoxy) is 1. The monoisotopic (exact) mass is 405 g/mol. The van der Waals surface area contributed by atoms with Gasteiger partial charge in [0.05, 0.1) is 0 Å². The summed E-state index contributed by atoms with van der Waals surface area (Å²) in [7, 11) is 0. The molecule has 2 nitrogen and oxygen atoms in total. The van der Waals surface area contributed by atoms with Gasteiger partial charge < -0.3 is 4.74 Å². The van der Waals surface area contributed by atoms with Crippen molar-refractivity contribution in [3.05, 3.63) is 71.8 Å². The number of nitrogens with zero attached hydrogens (tertiary/aromatic N) is 1. The molecule has 2 heterocycles. The Morgan fingerprint density at radius 2 is 1.83 bits per heavy atom. The maximum absolute atomic E-state index is 13.3. The molecule has 2 aliphatic rings. The molecular formula is C23H23F4NO. The summed E-state index contributed by atoms with van der Waals surface area (Å²) in [5.41, 5.74) is 3.09. The molecule has 0 amide bonds. The molecule has 0 aromatic heterocycles. The van der Waals surface area contributed by atoms with Gasteiger partial charge in [0.25, 0.3) is 0 Å². The highest BCUT2D eigenvalue weighted by molar-refractivity contribution is 5.69. The fourth-order valence-corrected chi connectivity index (χ4v) is 4.33. The van der Waals surface area contributed by atoms with Crippen molar-refractivity contribution in [1.82, 2.24) is 4.90 Å². The highest BCUT2D eigenvalue weighted by Crippen LogP contribution is 2.39. The number of hydrogen-bond donors (Lipinski definition) is 0. The first-order chi connectivity index (χ1) is 13.9. The van der Waals surface area contributed by atoms with Gasteiger partial charge in [0.2, 0.25) is 0 Å². The van der Waals surface area contributed by atoms with Gasteiger partial charge in [0, 0.05) is 18.6 Å². The molecule has 0 N–H and O–H groups in total. The number of benzene rings is 2. The zero-order valence-corrected chi connectivity index (χ0v) is 15.9. The van der Waals surface area contributed by atoms with Crippen LogP contribution in [-0.4, -0.2) is 29.5 Å². The number of halogens is 4. The fraction of sp³-hybridized carbons (Fsp3) is 0.391. The van der Waals surface area contributed by atoms with Crippen molar-refractivity contribution in [2.45, 2.75) is 56.8 Å². The first kappa shape index (κ1) is 20.0. The predicted octanol–water partition coefficient (Wildman–Crippen LogP) is 6.13. The minimum absolute atomic E-state index is 0.245. The van der Waals surface area contributed by atoms with E-state index in [1.165, 1.54) is 17.7 Å². The van der Waals surface area contributed by atoms with Gasteiger partial charge in [-0.25, -0.2) is 0 Å². The van der Waals surface area contributed by atoms with E-state index in [9.17, 15) is 17.6 Å². The fourth-order valence-electron chi connectivity index (χ4n) is 4.33. The summed E-state index contributed by atoms with van der Waals surface area (Å²) in [6, 6.07) is 17.1. The van der Waals surface area contributed by atoms with E-state index in [1.807, 2.05) is 24.3 Å². The van der Waals surface area contributed by atoms with Crippen LogP contribution in [0.25, 0.3) is 5.57 Å². The van der Waals surface area contributed by atoms with Gasteiger partial charge in [-0.15, -0.1) is 0 Å². The molecule has 29 heavy (non-hydrogen) atoms. The van der Waals surface area contributed by atoms with E-state index in [0.717, 1.165) is 43.4 Å². The van der Waals surface area contributed by atoms with Crippen molar-refractivity contribution < 1.29 is 22.3 Å². The molecule has 0 aliphatic carbocycles. The molecule has 2 aromatic carbocycles. The Balaban J connectivity index is 1.55. The van der Waals surface area contributed by atoms with Crippen molar-refractivity contribution in [3.8, 4) is 5.75 Å². The SMILES string of the molecule is FC(F)C(F)(F)Oc1cccc(C2=CC3CCCC(C2)N3Cc2ccccc2)c1. The Morgan fingerprint density at radius 1 is 1.03 bits per heavy atom. The van der Waals surface area contributed by atoms with Crippen molar-refractivity contribution in [2.24, 2.45) is 0 Å². The molecule has 2 aromatic rings. The van der Waals surface area contributed by atoms with E-state index < -0.39 is 12.5 Å². The lowest BCUT2D eigenvalue weighted by Gasteiger charge is -2.45. The lowest BCUT2D eigenvalue weighted by Crippen LogP contribution is -2.47. The minimum Gasteiger partial charge on any atom is -0.428 e. The molecule has 6 heteroatoms. The number of hydrogen-bond acceptors (Lipinski definition) is 2. The first-order valence-electron chi connectivity index (χ1n) is 9.88. The van der Waals surface area contributed by atoms with Gasteiger partial charge in [-0.2, -0.15) is 17.6 Å². The van der Waals surface area contributed by atoms with Crippen LogP contribution in [0.1, 0.15) is 36.8 Å². The Kier molecular flexibility index (Phi) is 5.63. The molecule has 0 saturated carbocycles. The third-order valence-electron chi connectivity index (χ3n) is 5.70. The summed E-state index contributed by atoms with van der Waals surface area (Å²) in [4.78, 5) is 2.51. The second-order valence-corrected chi connectivity index (χ2v) is 7.70. The van der Waals surface area contributed by atoms with Crippen LogP contribution >= 0.6 is 0 Å². The minimum atomic E-state index is -4.50. The van der Waals surface area contributed by atoms with Crippen molar-refractivity contribution in [1.29, 1.82) is 0 Å². The third-order valence-corrected chi connectivity index (χ3v) is 5.70. The van der Waals surface area contributed by atoms with Gasteiger partial charge in [0.1, 0.15) is 5.75 Å². The standard InChI is InChI=1S/C23H23F4NO/c24-22(25)23(26,27)29-21-11-4-8-17(14-21)18-12-19-9-5-10-20(13-18)28(19)15-16-6-2-1-3-7-16/h1-4,6-8,11-12,14,19-20,22H,5,9-10,13,15H2. The summed E-state index contributed by atoms with van der Waals surface area (Å²) in [6.07, 6.45) is -2.07. The van der Waals surface area contributed by atoms with E-state index in [2.05, 4.69) is 27.8 Å². The van der Waals surface area contributed by atoms with Crippen LogP contribution < -0.4 is 4.74 Å². The predicted molar refractivity (Wildman–Crippen MR) is 104 cm³/mol. The van der Waals surface area contributed by atoms with Gasteiger partial charge in [-0.3, -0.25) is 4.90 Å². The van der Waals surface area contributed by atoms with E-state index in [0.29, 0.717) is 6.04 Å². The molecule has 4 rings (SSSR count). The molecule has 154 valence electrons. The number of rotatable bonds is 6. The zero-order valence-electron chi connectivity index (χ0n) is 15.9. The molecule has 0 spiro atoms. The van der Waals surface area contributed by atoms with E-state index in [1.54, 1.807) is 6.07 Å². The normalized spacial score (nSPS) is 22.4. The molecule has 2 bridgehead atoms. The average molecular weight is 405 g/mol. The van der Waals surface area contributed by atoms with Crippen LogP contribution in [0, 0.1) is 0 Å². The quantitative estimate of drug-likeness (QED) is 0.536. The molecular weight excluding hydrogens is 382 g/mol. The zero-order chi connectivity index (χ0) is 20.4. The van der Waals surface area contributed by atoms with Crippen LogP contribution in [0.5, 0.6) is 5.75 Å². The van der Waals surface area contributed by atoms with E-state index in [4.69, 9.17) is 0 Å². The highest BCUT2D eigenvalue weighted by Gasteiger charge is 2.44. The van der Waals surface area contributed by atoms with Gasteiger partial charge in [-0.1, -0.05) is 55.0 Å². The summed E-state index contributed by atoms with van der Waals surface area (Å²) >= 11 is 0. The Bertz CT molecular complexity index is 868. The topological polar surface area (TPSA) is 12.5 Å². The van der Waals surface area contributed by atoms with Crippen molar-refractivity contribution in [2.75, 3.05) is 0 Å². The number of fused-ring (bicyclic) bond motifs is 2. The lowest BCUT2D eigenvalue weighted by molar-refractivity contribution is -0.253. The van der Waals surface area contributed by atoms with E-state index in [-0.39, 0.29) is 11.8 Å². The maximum Gasteiger partial charge on any atom is 0.461 e. The Labute approximate surface area is 167 Å². The van der Waals surface area contributed by atoms with Crippen LogP contribution in [0.4, 0.5) is 17.6 Å². The Hall–Kier alpha value is -2.34. The number of alkyl halides is 4. The van der Waals surface area contributed by atoms with Crippen molar-refractivity contribution in [3.63, 3.8) is 0 Å². The summed E-state index contributed by atoms with van der Waals surface area (Å²) in [6.45, 7) is 0.879. The Morgan fingerprint density at radius 3 is 2.55 bits per heavy atom. The van der Waals surface area contributed by atoms with Gasteiger partial charge in [-0.05, 0) is 48.1 Å². The second kappa shape index (κ2) is 8.19. The lowest BCUT2D eigenvalue weighted by atomic mass is 9.82.